The lowest BCUT2D eigenvalue weighted by Gasteiger charge is -2.15. The van der Waals surface area contributed by atoms with Gasteiger partial charge in [0.2, 0.25) is 5.91 Å². The quantitative estimate of drug-likeness (QED) is 0.773. The van der Waals surface area contributed by atoms with E-state index in [1.54, 1.807) is 24.3 Å². The number of aromatic amines is 1. The van der Waals surface area contributed by atoms with Crippen LogP contribution in [0, 0.1) is 0 Å². The largest absolute Gasteiger partial charge is 0.368 e. The van der Waals surface area contributed by atoms with Crippen molar-refractivity contribution in [3.8, 4) is 0 Å². The SMILES string of the molecule is CN(CC(N)=O)C(=O)c1n[nH]c(=O)c2ccccc12. The van der Waals surface area contributed by atoms with E-state index < -0.39 is 11.8 Å². The summed E-state index contributed by atoms with van der Waals surface area (Å²) >= 11 is 0. The standard InChI is InChI=1S/C12H12N4O3/c1-16(6-9(13)17)12(19)10-7-4-2-3-5-8(7)11(18)15-14-10/h2-5H,6H2,1H3,(H2,13,17)(H,15,18). The van der Waals surface area contributed by atoms with Gasteiger partial charge in [-0.3, -0.25) is 14.4 Å². The molecular weight excluding hydrogens is 248 g/mol. The molecule has 0 fully saturated rings. The molecular formula is C12H12N4O3. The summed E-state index contributed by atoms with van der Waals surface area (Å²) in [5.74, 6) is -1.10. The van der Waals surface area contributed by atoms with Crippen molar-refractivity contribution in [2.45, 2.75) is 0 Å². The predicted octanol–water partition coefficient (Wildman–Crippen LogP) is -0.520. The molecule has 0 atom stereocenters. The average molecular weight is 260 g/mol. The third kappa shape index (κ3) is 2.44. The number of H-pyrrole nitrogens is 1. The van der Waals surface area contributed by atoms with E-state index >= 15 is 0 Å². The Balaban J connectivity index is 2.51. The second kappa shape index (κ2) is 4.89. The van der Waals surface area contributed by atoms with Crippen LogP contribution in [0.25, 0.3) is 10.8 Å². The van der Waals surface area contributed by atoms with Crippen LogP contribution in [-0.4, -0.2) is 40.5 Å². The lowest BCUT2D eigenvalue weighted by Crippen LogP contribution is -2.36. The van der Waals surface area contributed by atoms with Gasteiger partial charge in [0.25, 0.3) is 11.5 Å². The molecule has 2 amide bonds. The van der Waals surface area contributed by atoms with Crippen LogP contribution < -0.4 is 11.3 Å². The van der Waals surface area contributed by atoms with Crippen LogP contribution in [0.1, 0.15) is 10.5 Å². The van der Waals surface area contributed by atoms with Crippen LogP contribution >= 0.6 is 0 Å². The molecule has 2 aromatic rings. The van der Waals surface area contributed by atoms with E-state index in [9.17, 15) is 14.4 Å². The van der Waals surface area contributed by atoms with Crippen molar-refractivity contribution in [2.75, 3.05) is 13.6 Å². The fourth-order valence-corrected chi connectivity index (χ4v) is 1.76. The number of fused-ring (bicyclic) bond motifs is 1. The summed E-state index contributed by atoms with van der Waals surface area (Å²) in [5.41, 5.74) is 4.75. The maximum absolute atomic E-state index is 12.1. The summed E-state index contributed by atoms with van der Waals surface area (Å²) in [7, 11) is 1.44. The Labute approximate surface area is 108 Å². The maximum Gasteiger partial charge on any atom is 0.275 e. The van der Waals surface area contributed by atoms with Crippen molar-refractivity contribution < 1.29 is 9.59 Å². The Morgan fingerprint density at radius 1 is 1.32 bits per heavy atom. The van der Waals surface area contributed by atoms with E-state index in [-0.39, 0.29) is 17.8 Å². The molecule has 0 bridgehead atoms. The van der Waals surface area contributed by atoms with Gasteiger partial charge in [0.05, 0.1) is 11.9 Å². The molecule has 0 saturated heterocycles. The second-order valence-electron chi connectivity index (χ2n) is 4.07. The number of nitrogens with two attached hydrogens (primary N) is 1. The monoisotopic (exact) mass is 260 g/mol. The van der Waals surface area contributed by atoms with E-state index in [0.29, 0.717) is 10.8 Å². The van der Waals surface area contributed by atoms with Gasteiger partial charge in [0.1, 0.15) is 0 Å². The van der Waals surface area contributed by atoms with Crippen molar-refractivity contribution >= 4 is 22.6 Å². The van der Waals surface area contributed by atoms with Gasteiger partial charge in [-0.15, -0.1) is 0 Å². The Bertz CT molecular complexity index is 707. The van der Waals surface area contributed by atoms with E-state index in [4.69, 9.17) is 5.73 Å². The fourth-order valence-electron chi connectivity index (χ4n) is 1.76. The molecule has 0 saturated carbocycles. The van der Waals surface area contributed by atoms with Gasteiger partial charge in [-0.25, -0.2) is 5.10 Å². The first-order chi connectivity index (χ1) is 9.00. The highest BCUT2D eigenvalue weighted by atomic mass is 16.2. The number of aromatic nitrogens is 2. The average Bonchev–Trinajstić information content (AvgIpc) is 2.38. The number of amides is 2. The minimum atomic E-state index is -0.621. The number of hydrogen-bond donors (Lipinski definition) is 2. The zero-order chi connectivity index (χ0) is 14.0. The zero-order valence-corrected chi connectivity index (χ0v) is 10.2. The van der Waals surface area contributed by atoms with Crippen molar-refractivity contribution in [1.82, 2.24) is 15.1 Å². The lowest BCUT2D eigenvalue weighted by atomic mass is 10.1. The summed E-state index contributed by atoms with van der Waals surface area (Å²) in [6.45, 7) is -0.214. The maximum atomic E-state index is 12.1. The number of carbonyl (C=O) groups excluding carboxylic acids is 2. The normalized spacial score (nSPS) is 10.4. The minimum absolute atomic E-state index is 0.0824. The van der Waals surface area contributed by atoms with E-state index in [0.717, 1.165) is 4.90 Å². The van der Waals surface area contributed by atoms with E-state index in [2.05, 4.69) is 10.2 Å². The first kappa shape index (κ1) is 12.7. The molecule has 0 aliphatic rings. The van der Waals surface area contributed by atoms with E-state index in [1.807, 2.05) is 0 Å². The number of primary amides is 1. The van der Waals surface area contributed by atoms with Gasteiger partial charge < -0.3 is 10.6 Å². The molecule has 19 heavy (non-hydrogen) atoms. The Morgan fingerprint density at radius 2 is 1.95 bits per heavy atom. The number of carbonyl (C=O) groups is 2. The molecule has 1 aromatic heterocycles. The van der Waals surface area contributed by atoms with Crippen LogP contribution in [0.5, 0.6) is 0 Å². The summed E-state index contributed by atoms with van der Waals surface area (Å²) in [6.07, 6.45) is 0. The fraction of sp³-hybridized carbons (Fsp3) is 0.167. The highest BCUT2D eigenvalue weighted by Crippen LogP contribution is 2.13. The Kier molecular flexibility index (Phi) is 3.28. The topological polar surface area (TPSA) is 109 Å². The number of likely N-dealkylation sites (N-methyl/N-ethyl adjacent to an activating group) is 1. The molecule has 0 aliphatic heterocycles. The molecule has 0 unspecified atom stereocenters. The molecule has 2 rings (SSSR count). The van der Waals surface area contributed by atoms with Crippen molar-refractivity contribution in [3.63, 3.8) is 0 Å². The molecule has 3 N–H and O–H groups in total. The Morgan fingerprint density at radius 3 is 2.58 bits per heavy atom. The lowest BCUT2D eigenvalue weighted by molar-refractivity contribution is -0.118. The van der Waals surface area contributed by atoms with Gasteiger partial charge >= 0.3 is 0 Å². The molecule has 0 radical (unpaired) electrons. The number of hydrogen-bond acceptors (Lipinski definition) is 4. The molecule has 7 nitrogen and oxygen atoms in total. The summed E-state index contributed by atoms with van der Waals surface area (Å²) in [5, 5.41) is 6.82. The first-order valence-corrected chi connectivity index (χ1v) is 5.52. The number of rotatable bonds is 3. The second-order valence-corrected chi connectivity index (χ2v) is 4.07. The van der Waals surface area contributed by atoms with Crippen LogP contribution in [-0.2, 0) is 4.79 Å². The van der Waals surface area contributed by atoms with Crippen LogP contribution in [0.15, 0.2) is 29.1 Å². The zero-order valence-electron chi connectivity index (χ0n) is 10.2. The van der Waals surface area contributed by atoms with Crippen LogP contribution in [0.2, 0.25) is 0 Å². The third-order valence-electron chi connectivity index (χ3n) is 2.64. The number of nitrogens with one attached hydrogen (secondary N) is 1. The van der Waals surface area contributed by atoms with Crippen molar-refractivity contribution in [1.29, 1.82) is 0 Å². The first-order valence-electron chi connectivity index (χ1n) is 5.52. The van der Waals surface area contributed by atoms with Gasteiger partial charge in [0.15, 0.2) is 5.69 Å². The molecule has 1 aromatic carbocycles. The van der Waals surface area contributed by atoms with Crippen LogP contribution in [0.3, 0.4) is 0 Å². The molecule has 0 spiro atoms. The highest BCUT2D eigenvalue weighted by molar-refractivity contribution is 6.05. The van der Waals surface area contributed by atoms with Gasteiger partial charge in [-0.1, -0.05) is 18.2 Å². The number of nitrogens with zero attached hydrogens (tertiary/aromatic N) is 2. The molecule has 0 aliphatic carbocycles. The van der Waals surface area contributed by atoms with Crippen molar-refractivity contribution in [2.24, 2.45) is 5.73 Å². The highest BCUT2D eigenvalue weighted by Gasteiger charge is 2.18. The summed E-state index contributed by atoms with van der Waals surface area (Å²) < 4.78 is 0. The van der Waals surface area contributed by atoms with Crippen molar-refractivity contribution in [3.05, 3.63) is 40.3 Å². The summed E-state index contributed by atoms with van der Waals surface area (Å²) in [6, 6.07) is 6.62. The van der Waals surface area contributed by atoms with Gasteiger partial charge in [0, 0.05) is 12.4 Å². The minimum Gasteiger partial charge on any atom is -0.368 e. The van der Waals surface area contributed by atoms with Crippen LogP contribution in [0.4, 0.5) is 0 Å². The van der Waals surface area contributed by atoms with E-state index in [1.165, 1.54) is 7.05 Å². The van der Waals surface area contributed by atoms with Gasteiger partial charge in [-0.05, 0) is 6.07 Å². The Hall–Kier alpha value is -2.70. The van der Waals surface area contributed by atoms with Gasteiger partial charge in [-0.2, -0.15) is 5.10 Å². The molecule has 1 heterocycles. The smallest absolute Gasteiger partial charge is 0.275 e. The number of benzene rings is 1. The molecule has 7 heteroatoms. The molecule has 98 valence electrons. The predicted molar refractivity (Wildman–Crippen MR) is 68.5 cm³/mol. The summed E-state index contributed by atoms with van der Waals surface area (Å²) in [4.78, 5) is 35.7. The third-order valence-corrected chi connectivity index (χ3v) is 2.64.